The summed E-state index contributed by atoms with van der Waals surface area (Å²) in [4.78, 5) is 19.1. The molecular formula is C18H14ClN3O. The maximum absolute atomic E-state index is 11.9. The molecule has 0 bridgehead atoms. The van der Waals surface area contributed by atoms with Crippen molar-refractivity contribution >= 4 is 29.3 Å². The fourth-order valence-corrected chi connectivity index (χ4v) is 2.19. The molecule has 0 aliphatic rings. The van der Waals surface area contributed by atoms with Crippen LogP contribution < -0.4 is 5.32 Å². The number of benzene rings is 2. The molecule has 0 spiro atoms. The normalized spacial score (nSPS) is 10.8. The number of rotatable bonds is 4. The van der Waals surface area contributed by atoms with Crippen LogP contribution in [0.3, 0.4) is 0 Å². The summed E-state index contributed by atoms with van der Waals surface area (Å²) < 4.78 is 0. The van der Waals surface area contributed by atoms with Crippen molar-refractivity contribution in [2.45, 2.75) is 0 Å². The topological polar surface area (TPSA) is 57.8 Å². The molecule has 1 aromatic heterocycles. The Balaban J connectivity index is 1.62. The lowest BCUT2D eigenvalue weighted by atomic mass is 10.2. The van der Waals surface area contributed by atoms with Gasteiger partial charge in [-0.3, -0.25) is 4.79 Å². The summed E-state index contributed by atoms with van der Waals surface area (Å²) in [6.07, 6.45) is 6.70. The van der Waals surface area contributed by atoms with E-state index in [0.29, 0.717) is 5.02 Å². The van der Waals surface area contributed by atoms with Crippen LogP contribution in [0.2, 0.25) is 5.02 Å². The Morgan fingerprint density at radius 3 is 2.48 bits per heavy atom. The van der Waals surface area contributed by atoms with E-state index in [0.717, 1.165) is 22.6 Å². The zero-order valence-corrected chi connectivity index (χ0v) is 12.9. The van der Waals surface area contributed by atoms with Crippen LogP contribution in [0.1, 0.15) is 5.56 Å². The molecule has 0 saturated carbocycles. The van der Waals surface area contributed by atoms with Gasteiger partial charge in [-0.25, -0.2) is 4.98 Å². The zero-order valence-electron chi connectivity index (χ0n) is 12.2. The van der Waals surface area contributed by atoms with E-state index in [1.807, 2.05) is 36.4 Å². The van der Waals surface area contributed by atoms with E-state index >= 15 is 0 Å². The zero-order chi connectivity index (χ0) is 16.1. The molecule has 2 aromatic carbocycles. The van der Waals surface area contributed by atoms with Gasteiger partial charge in [0.05, 0.1) is 0 Å². The Morgan fingerprint density at radius 2 is 1.83 bits per heavy atom. The summed E-state index contributed by atoms with van der Waals surface area (Å²) in [5.41, 5.74) is 2.61. The Bertz CT molecular complexity index is 806. The molecule has 2 N–H and O–H groups in total. The molecule has 23 heavy (non-hydrogen) atoms. The van der Waals surface area contributed by atoms with Crippen molar-refractivity contribution in [3.05, 3.63) is 77.6 Å². The number of hydrogen-bond donors (Lipinski definition) is 2. The third kappa shape index (κ3) is 4.08. The van der Waals surface area contributed by atoms with Gasteiger partial charge in [0.1, 0.15) is 5.82 Å². The number of amides is 1. The van der Waals surface area contributed by atoms with Crippen molar-refractivity contribution in [3.63, 3.8) is 0 Å². The number of nitrogens with zero attached hydrogens (tertiary/aromatic N) is 1. The number of aromatic nitrogens is 2. The van der Waals surface area contributed by atoms with Gasteiger partial charge in [0.25, 0.3) is 0 Å². The molecular weight excluding hydrogens is 310 g/mol. The molecule has 0 atom stereocenters. The Labute approximate surface area is 138 Å². The van der Waals surface area contributed by atoms with Crippen LogP contribution in [-0.4, -0.2) is 15.9 Å². The number of nitrogens with one attached hydrogen (secondary N) is 2. The summed E-state index contributed by atoms with van der Waals surface area (Å²) in [6.45, 7) is 0. The van der Waals surface area contributed by atoms with E-state index in [-0.39, 0.29) is 5.91 Å². The first-order chi connectivity index (χ1) is 11.2. The lowest BCUT2D eigenvalue weighted by Crippen LogP contribution is -2.07. The summed E-state index contributed by atoms with van der Waals surface area (Å²) >= 11 is 5.82. The van der Waals surface area contributed by atoms with E-state index in [2.05, 4.69) is 15.3 Å². The third-order valence-corrected chi connectivity index (χ3v) is 3.47. The molecule has 5 heteroatoms. The van der Waals surface area contributed by atoms with Crippen LogP contribution in [0.4, 0.5) is 5.69 Å². The Kier molecular flexibility index (Phi) is 4.54. The quantitative estimate of drug-likeness (QED) is 0.700. The van der Waals surface area contributed by atoms with Crippen molar-refractivity contribution in [1.82, 2.24) is 9.97 Å². The van der Waals surface area contributed by atoms with Gasteiger partial charge < -0.3 is 10.3 Å². The van der Waals surface area contributed by atoms with Gasteiger partial charge in [-0.2, -0.15) is 0 Å². The molecule has 1 amide bonds. The molecule has 0 aliphatic heterocycles. The number of H-pyrrole nitrogens is 1. The highest BCUT2D eigenvalue weighted by Crippen LogP contribution is 2.17. The molecule has 3 aromatic rings. The fraction of sp³-hybridized carbons (Fsp3) is 0. The second kappa shape index (κ2) is 6.94. The standard InChI is InChI=1S/C18H14ClN3O/c19-15-6-1-13(2-7-15)3-10-17(23)22-16-8-4-14(5-9-16)18-20-11-12-21-18/h1-12H,(H,20,21)(H,22,23)/b10-3+. The number of anilines is 1. The van der Waals surface area contributed by atoms with Crippen LogP contribution >= 0.6 is 11.6 Å². The highest BCUT2D eigenvalue weighted by molar-refractivity contribution is 6.30. The molecule has 0 radical (unpaired) electrons. The van der Waals surface area contributed by atoms with Crippen LogP contribution in [-0.2, 0) is 4.79 Å². The van der Waals surface area contributed by atoms with E-state index in [4.69, 9.17) is 11.6 Å². The molecule has 114 valence electrons. The number of halogens is 1. The number of carbonyl (C=O) groups excluding carboxylic acids is 1. The molecule has 0 unspecified atom stereocenters. The van der Waals surface area contributed by atoms with Gasteiger partial charge in [0.2, 0.25) is 5.91 Å². The number of imidazole rings is 1. The summed E-state index contributed by atoms with van der Waals surface area (Å²) in [5.74, 6) is 0.608. The lowest BCUT2D eigenvalue weighted by molar-refractivity contribution is -0.111. The second-order valence-corrected chi connectivity index (χ2v) is 5.33. The van der Waals surface area contributed by atoms with Crippen molar-refractivity contribution in [1.29, 1.82) is 0 Å². The molecule has 0 saturated heterocycles. The van der Waals surface area contributed by atoms with Gasteiger partial charge in [0.15, 0.2) is 0 Å². The smallest absolute Gasteiger partial charge is 0.248 e. The minimum Gasteiger partial charge on any atom is -0.345 e. The average Bonchev–Trinajstić information content (AvgIpc) is 3.09. The Hall–Kier alpha value is -2.85. The van der Waals surface area contributed by atoms with Gasteiger partial charge in [-0.15, -0.1) is 0 Å². The van der Waals surface area contributed by atoms with Crippen molar-refractivity contribution < 1.29 is 4.79 Å². The first kappa shape index (κ1) is 15.1. The van der Waals surface area contributed by atoms with Crippen LogP contribution in [0.15, 0.2) is 67.0 Å². The number of aromatic amines is 1. The molecule has 0 aliphatic carbocycles. The first-order valence-electron chi connectivity index (χ1n) is 7.05. The minimum absolute atomic E-state index is 0.189. The van der Waals surface area contributed by atoms with Gasteiger partial charge in [-0.05, 0) is 48.0 Å². The van der Waals surface area contributed by atoms with E-state index in [1.54, 1.807) is 30.6 Å². The minimum atomic E-state index is -0.189. The number of hydrogen-bond acceptors (Lipinski definition) is 2. The monoisotopic (exact) mass is 323 g/mol. The molecule has 1 heterocycles. The second-order valence-electron chi connectivity index (χ2n) is 4.89. The van der Waals surface area contributed by atoms with E-state index < -0.39 is 0 Å². The van der Waals surface area contributed by atoms with Crippen molar-refractivity contribution in [2.24, 2.45) is 0 Å². The average molecular weight is 324 g/mol. The maximum Gasteiger partial charge on any atom is 0.248 e. The van der Waals surface area contributed by atoms with Crippen LogP contribution in [0.25, 0.3) is 17.5 Å². The molecule has 0 fully saturated rings. The van der Waals surface area contributed by atoms with Crippen molar-refractivity contribution in [3.8, 4) is 11.4 Å². The van der Waals surface area contributed by atoms with Gasteiger partial charge in [0, 0.05) is 34.7 Å². The SMILES string of the molecule is O=C(/C=C/c1ccc(Cl)cc1)Nc1ccc(-c2ncc[nH]2)cc1. The molecule has 4 nitrogen and oxygen atoms in total. The van der Waals surface area contributed by atoms with Crippen LogP contribution in [0.5, 0.6) is 0 Å². The lowest BCUT2D eigenvalue weighted by Gasteiger charge is -2.03. The predicted molar refractivity (Wildman–Crippen MR) is 93.1 cm³/mol. The van der Waals surface area contributed by atoms with Gasteiger partial charge in [-0.1, -0.05) is 23.7 Å². The highest BCUT2D eigenvalue weighted by Gasteiger charge is 2.01. The maximum atomic E-state index is 11.9. The van der Waals surface area contributed by atoms with Crippen LogP contribution in [0, 0.1) is 0 Å². The third-order valence-electron chi connectivity index (χ3n) is 3.22. The fourth-order valence-electron chi connectivity index (χ4n) is 2.06. The number of carbonyl (C=O) groups is 1. The molecule has 3 rings (SSSR count). The van der Waals surface area contributed by atoms with Crippen molar-refractivity contribution in [2.75, 3.05) is 5.32 Å². The summed E-state index contributed by atoms with van der Waals surface area (Å²) in [7, 11) is 0. The Morgan fingerprint density at radius 1 is 1.09 bits per heavy atom. The highest BCUT2D eigenvalue weighted by atomic mass is 35.5. The predicted octanol–water partition coefficient (Wildman–Crippen LogP) is 4.38. The summed E-state index contributed by atoms with van der Waals surface area (Å²) in [6, 6.07) is 14.7. The first-order valence-corrected chi connectivity index (χ1v) is 7.43. The van der Waals surface area contributed by atoms with Gasteiger partial charge >= 0.3 is 0 Å². The summed E-state index contributed by atoms with van der Waals surface area (Å²) in [5, 5.41) is 3.48. The van der Waals surface area contributed by atoms with E-state index in [9.17, 15) is 4.79 Å². The largest absolute Gasteiger partial charge is 0.345 e. The van der Waals surface area contributed by atoms with E-state index in [1.165, 1.54) is 6.08 Å².